The molecule has 18 heavy (non-hydrogen) atoms. The van der Waals surface area contributed by atoms with E-state index in [0.717, 1.165) is 30.4 Å². The first-order valence-electron chi connectivity index (χ1n) is 6.73. The van der Waals surface area contributed by atoms with Gasteiger partial charge >= 0.3 is 0 Å². The third-order valence-electron chi connectivity index (χ3n) is 2.51. The van der Waals surface area contributed by atoms with Crippen molar-refractivity contribution >= 4 is 0 Å². The van der Waals surface area contributed by atoms with E-state index in [1.807, 2.05) is 6.92 Å². The second-order valence-electron chi connectivity index (χ2n) is 5.15. The first-order valence-corrected chi connectivity index (χ1v) is 6.73. The Hall–Kier alpha value is -1.16. The summed E-state index contributed by atoms with van der Waals surface area (Å²) in [5.74, 6) is 2.63. The maximum absolute atomic E-state index is 5.56. The highest BCUT2D eigenvalue weighted by Crippen LogP contribution is 2.18. The van der Waals surface area contributed by atoms with Gasteiger partial charge in [-0.15, -0.1) is 0 Å². The third-order valence-corrected chi connectivity index (χ3v) is 2.51. The molecule has 1 aromatic heterocycles. The van der Waals surface area contributed by atoms with Crippen LogP contribution in [0.25, 0.3) is 0 Å². The van der Waals surface area contributed by atoms with Crippen LogP contribution in [0, 0.1) is 5.92 Å². The van der Waals surface area contributed by atoms with E-state index in [1.54, 1.807) is 6.20 Å². The highest BCUT2D eigenvalue weighted by Gasteiger charge is 2.10. The first kappa shape index (κ1) is 14.9. The van der Waals surface area contributed by atoms with Crippen LogP contribution in [0.1, 0.15) is 52.1 Å². The lowest BCUT2D eigenvalue weighted by atomic mass is 10.2. The molecule has 4 nitrogen and oxygen atoms in total. The summed E-state index contributed by atoms with van der Waals surface area (Å²) in [5.41, 5.74) is 0.955. The van der Waals surface area contributed by atoms with Crippen LogP contribution in [0.4, 0.5) is 0 Å². The lowest BCUT2D eigenvalue weighted by molar-refractivity contribution is 0.330. The van der Waals surface area contributed by atoms with Gasteiger partial charge in [0.05, 0.1) is 18.5 Å². The van der Waals surface area contributed by atoms with Crippen molar-refractivity contribution in [3.8, 4) is 5.75 Å². The zero-order valence-corrected chi connectivity index (χ0v) is 12.2. The number of rotatable bonds is 7. The van der Waals surface area contributed by atoms with Crippen molar-refractivity contribution < 1.29 is 4.74 Å². The van der Waals surface area contributed by atoms with Crippen LogP contribution in [0.3, 0.4) is 0 Å². The molecule has 0 fully saturated rings. The molecule has 0 amide bonds. The monoisotopic (exact) mass is 251 g/mol. The molecular formula is C14H25N3O. The molecular weight excluding hydrogens is 226 g/mol. The molecule has 0 saturated heterocycles. The quantitative estimate of drug-likeness (QED) is 0.809. The molecule has 0 bridgehead atoms. The highest BCUT2D eigenvalue weighted by molar-refractivity contribution is 5.25. The van der Waals surface area contributed by atoms with Crippen LogP contribution in [0.2, 0.25) is 0 Å². The van der Waals surface area contributed by atoms with Crippen LogP contribution >= 0.6 is 0 Å². The van der Waals surface area contributed by atoms with Gasteiger partial charge in [0.15, 0.2) is 5.75 Å². The summed E-state index contributed by atoms with van der Waals surface area (Å²) in [6.07, 6.45) is 1.79. The maximum Gasteiger partial charge on any atom is 0.160 e. The van der Waals surface area contributed by atoms with Gasteiger partial charge < -0.3 is 10.1 Å². The summed E-state index contributed by atoms with van der Waals surface area (Å²) in [6.45, 7) is 12.9. The number of nitrogens with one attached hydrogen (secondary N) is 1. The van der Waals surface area contributed by atoms with Gasteiger partial charge in [-0.2, -0.15) is 0 Å². The fourth-order valence-electron chi connectivity index (χ4n) is 1.58. The largest absolute Gasteiger partial charge is 0.490 e. The van der Waals surface area contributed by atoms with E-state index < -0.39 is 0 Å². The van der Waals surface area contributed by atoms with Crippen molar-refractivity contribution in [3.63, 3.8) is 0 Å². The summed E-state index contributed by atoms with van der Waals surface area (Å²) in [5, 5.41) is 3.40. The van der Waals surface area contributed by atoms with E-state index in [1.165, 1.54) is 0 Å². The van der Waals surface area contributed by atoms with E-state index >= 15 is 0 Å². The van der Waals surface area contributed by atoms with Gasteiger partial charge in [0.2, 0.25) is 0 Å². The van der Waals surface area contributed by atoms with E-state index in [9.17, 15) is 0 Å². The average molecular weight is 251 g/mol. The predicted molar refractivity (Wildman–Crippen MR) is 73.8 cm³/mol. The van der Waals surface area contributed by atoms with E-state index in [-0.39, 0.29) is 0 Å². The number of hydrogen-bond acceptors (Lipinski definition) is 4. The molecule has 0 radical (unpaired) electrons. The maximum atomic E-state index is 5.56. The Kier molecular flexibility index (Phi) is 6.05. The van der Waals surface area contributed by atoms with Crippen LogP contribution in [0.15, 0.2) is 6.20 Å². The van der Waals surface area contributed by atoms with Gasteiger partial charge in [-0.3, -0.25) is 0 Å². The average Bonchev–Trinajstić information content (AvgIpc) is 2.30. The molecule has 4 heteroatoms. The zero-order chi connectivity index (χ0) is 13.5. The number of aromatic nitrogens is 2. The zero-order valence-electron chi connectivity index (χ0n) is 12.2. The molecule has 0 aliphatic rings. The van der Waals surface area contributed by atoms with Crippen molar-refractivity contribution in [3.05, 3.63) is 17.7 Å². The summed E-state index contributed by atoms with van der Waals surface area (Å²) in [7, 11) is 0. The molecule has 0 aliphatic heterocycles. The second kappa shape index (κ2) is 7.31. The number of hydrogen-bond donors (Lipinski definition) is 1. The Morgan fingerprint density at radius 2 is 2.00 bits per heavy atom. The Morgan fingerprint density at radius 3 is 2.56 bits per heavy atom. The second-order valence-corrected chi connectivity index (χ2v) is 5.15. The Morgan fingerprint density at radius 1 is 1.28 bits per heavy atom. The van der Waals surface area contributed by atoms with Crippen molar-refractivity contribution in [1.82, 2.24) is 15.3 Å². The van der Waals surface area contributed by atoms with Crippen LogP contribution in [-0.4, -0.2) is 23.1 Å². The van der Waals surface area contributed by atoms with E-state index in [4.69, 9.17) is 4.74 Å². The standard InChI is InChI=1S/C14H25N3O/c1-6-18-13-9-16-14(11(4)5)17-12(13)8-15-7-10(2)3/h9-11,15H,6-8H2,1-5H3. The van der Waals surface area contributed by atoms with E-state index in [0.29, 0.717) is 18.4 Å². The smallest absolute Gasteiger partial charge is 0.160 e. The molecule has 0 atom stereocenters. The van der Waals surface area contributed by atoms with Gasteiger partial charge in [-0.25, -0.2) is 9.97 Å². The molecule has 1 heterocycles. The Balaban J connectivity index is 2.79. The third kappa shape index (κ3) is 4.61. The lowest BCUT2D eigenvalue weighted by Crippen LogP contribution is -2.21. The Labute approximate surface area is 110 Å². The molecule has 1 N–H and O–H groups in total. The molecule has 0 spiro atoms. The molecule has 0 saturated carbocycles. The van der Waals surface area contributed by atoms with Crippen molar-refractivity contribution in [2.75, 3.05) is 13.2 Å². The van der Waals surface area contributed by atoms with Gasteiger partial charge in [0, 0.05) is 12.5 Å². The minimum Gasteiger partial charge on any atom is -0.490 e. The Bertz CT molecular complexity index is 364. The fraction of sp³-hybridized carbons (Fsp3) is 0.714. The summed E-state index contributed by atoms with van der Waals surface area (Å²) >= 11 is 0. The molecule has 0 aliphatic carbocycles. The molecule has 1 rings (SSSR count). The van der Waals surface area contributed by atoms with Crippen LogP contribution < -0.4 is 10.1 Å². The van der Waals surface area contributed by atoms with Gasteiger partial charge in [-0.1, -0.05) is 27.7 Å². The number of nitrogens with zero attached hydrogens (tertiary/aromatic N) is 2. The minimum absolute atomic E-state index is 0.338. The van der Waals surface area contributed by atoms with E-state index in [2.05, 4.69) is 43.0 Å². The SMILES string of the molecule is CCOc1cnc(C(C)C)nc1CNCC(C)C. The van der Waals surface area contributed by atoms with Gasteiger partial charge in [-0.05, 0) is 19.4 Å². The number of ether oxygens (including phenoxy) is 1. The van der Waals surface area contributed by atoms with Gasteiger partial charge in [0.1, 0.15) is 5.82 Å². The van der Waals surface area contributed by atoms with Gasteiger partial charge in [0.25, 0.3) is 0 Å². The molecule has 102 valence electrons. The summed E-state index contributed by atoms with van der Waals surface area (Å²) in [6, 6.07) is 0. The lowest BCUT2D eigenvalue weighted by Gasteiger charge is -2.13. The van der Waals surface area contributed by atoms with Crippen LogP contribution in [0.5, 0.6) is 5.75 Å². The summed E-state index contributed by atoms with van der Waals surface area (Å²) in [4.78, 5) is 8.93. The first-order chi connectivity index (χ1) is 8.54. The minimum atomic E-state index is 0.338. The fourth-order valence-corrected chi connectivity index (χ4v) is 1.58. The van der Waals surface area contributed by atoms with Crippen molar-refractivity contribution in [2.45, 2.75) is 47.1 Å². The molecule has 1 aromatic rings. The normalized spacial score (nSPS) is 11.3. The van der Waals surface area contributed by atoms with Crippen molar-refractivity contribution in [1.29, 1.82) is 0 Å². The summed E-state index contributed by atoms with van der Waals surface area (Å²) < 4.78 is 5.56. The molecule has 0 unspecified atom stereocenters. The topological polar surface area (TPSA) is 47.0 Å². The highest BCUT2D eigenvalue weighted by atomic mass is 16.5. The van der Waals surface area contributed by atoms with Crippen molar-refractivity contribution in [2.24, 2.45) is 5.92 Å². The molecule has 0 aromatic carbocycles. The van der Waals surface area contributed by atoms with Crippen LogP contribution in [-0.2, 0) is 6.54 Å². The predicted octanol–water partition coefficient (Wildman–Crippen LogP) is 2.74.